The van der Waals surface area contributed by atoms with Crippen LogP contribution in [0.2, 0.25) is 0 Å². The molecule has 1 aliphatic carbocycles. The van der Waals surface area contributed by atoms with E-state index in [1.54, 1.807) is 12.1 Å². The van der Waals surface area contributed by atoms with Gasteiger partial charge in [0.2, 0.25) is 0 Å². The van der Waals surface area contributed by atoms with Gasteiger partial charge in [0.1, 0.15) is 0 Å². The number of carboxylic acids is 1. The Labute approximate surface area is 149 Å². The van der Waals surface area contributed by atoms with E-state index in [1.165, 1.54) is 29.5 Å². The molecule has 2 unspecified atom stereocenters. The summed E-state index contributed by atoms with van der Waals surface area (Å²) in [4.78, 5) is 11.0. The minimum absolute atomic E-state index is 0.164. The van der Waals surface area contributed by atoms with Crippen LogP contribution >= 0.6 is 0 Å². The Morgan fingerprint density at radius 3 is 2.48 bits per heavy atom. The zero-order valence-electron chi connectivity index (χ0n) is 15.5. The van der Waals surface area contributed by atoms with Gasteiger partial charge in [-0.3, -0.25) is 0 Å². The van der Waals surface area contributed by atoms with Crippen molar-refractivity contribution in [2.24, 2.45) is 5.73 Å². The number of rotatable bonds is 3. The molecule has 0 heterocycles. The third kappa shape index (κ3) is 3.21. The van der Waals surface area contributed by atoms with Crippen LogP contribution in [-0.2, 0) is 5.41 Å². The van der Waals surface area contributed by atoms with Crippen molar-refractivity contribution in [3.63, 3.8) is 0 Å². The van der Waals surface area contributed by atoms with Crippen molar-refractivity contribution in [1.29, 1.82) is 0 Å². The van der Waals surface area contributed by atoms with E-state index in [0.29, 0.717) is 5.92 Å². The lowest BCUT2D eigenvalue weighted by molar-refractivity contribution is 0.0697. The maximum atomic E-state index is 11.0. The Balaban J connectivity index is 2.03. The molecule has 0 saturated heterocycles. The predicted molar refractivity (Wildman–Crippen MR) is 101 cm³/mol. The minimum atomic E-state index is -0.916. The maximum Gasteiger partial charge on any atom is 0.335 e. The molecular weight excluding hydrogens is 310 g/mol. The number of aryl methyl sites for hydroxylation is 1. The second-order valence-corrected chi connectivity index (χ2v) is 8.02. The quantitative estimate of drug-likeness (QED) is 0.836. The summed E-state index contributed by atoms with van der Waals surface area (Å²) in [6.07, 6.45) is 2.41. The second kappa shape index (κ2) is 6.30. The average molecular weight is 337 g/mol. The molecule has 0 aliphatic heterocycles. The van der Waals surface area contributed by atoms with Gasteiger partial charge in [0.25, 0.3) is 0 Å². The Morgan fingerprint density at radius 2 is 1.88 bits per heavy atom. The van der Waals surface area contributed by atoms with Crippen molar-refractivity contribution in [2.75, 3.05) is 0 Å². The van der Waals surface area contributed by atoms with Crippen LogP contribution in [0.5, 0.6) is 0 Å². The Hall–Kier alpha value is -2.13. The van der Waals surface area contributed by atoms with Crippen LogP contribution < -0.4 is 5.73 Å². The molecule has 1 aliphatic rings. The van der Waals surface area contributed by atoms with E-state index in [-0.39, 0.29) is 17.0 Å². The van der Waals surface area contributed by atoms with E-state index < -0.39 is 5.97 Å². The standard InChI is InChI=1S/C22H27NO2/c1-13-9-10-22(3,4)19-12-18(14(2)11-17(13)19)20(23)15-5-7-16(8-6-15)21(24)25/h5-8,11-13,20H,9-10,23H2,1-4H3,(H,24,25). The van der Waals surface area contributed by atoms with E-state index in [4.69, 9.17) is 10.8 Å². The smallest absolute Gasteiger partial charge is 0.335 e. The highest BCUT2D eigenvalue weighted by Gasteiger charge is 2.32. The topological polar surface area (TPSA) is 63.3 Å². The summed E-state index contributed by atoms with van der Waals surface area (Å²) >= 11 is 0. The van der Waals surface area contributed by atoms with Crippen LogP contribution in [-0.4, -0.2) is 11.1 Å². The van der Waals surface area contributed by atoms with Gasteiger partial charge in [0.05, 0.1) is 11.6 Å². The van der Waals surface area contributed by atoms with E-state index in [1.807, 2.05) is 12.1 Å². The van der Waals surface area contributed by atoms with Crippen LogP contribution in [0.3, 0.4) is 0 Å². The fourth-order valence-corrected chi connectivity index (χ4v) is 3.96. The molecule has 132 valence electrons. The summed E-state index contributed by atoms with van der Waals surface area (Å²) in [6.45, 7) is 9.04. The number of carbonyl (C=O) groups is 1. The van der Waals surface area contributed by atoms with Gasteiger partial charge in [-0.05, 0) is 71.0 Å². The highest BCUT2D eigenvalue weighted by molar-refractivity contribution is 5.87. The molecule has 3 heteroatoms. The summed E-state index contributed by atoms with van der Waals surface area (Å²) < 4.78 is 0. The van der Waals surface area contributed by atoms with Gasteiger partial charge in [0, 0.05) is 0 Å². The highest BCUT2D eigenvalue weighted by atomic mass is 16.4. The van der Waals surface area contributed by atoms with Gasteiger partial charge >= 0.3 is 5.97 Å². The van der Waals surface area contributed by atoms with E-state index >= 15 is 0 Å². The number of nitrogens with two attached hydrogens (primary N) is 1. The highest BCUT2D eigenvalue weighted by Crippen LogP contribution is 2.44. The van der Waals surface area contributed by atoms with Crippen molar-refractivity contribution >= 4 is 5.97 Å². The van der Waals surface area contributed by atoms with Crippen LogP contribution in [0, 0.1) is 6.92 Å². The molecule has 3 N–H and O–H groups in total. The SMILES string of the molecule is Cc1cc2c(cc1C(N)c1ccc(C(=O)O)cc1)C(C)(C)CCC2C. The van der Waals surface area contributed by atoms with Crippen LogP contribution in [0.15, 0.2) is 36.4 Å². The van der Waals surface area contributed by atoms with Gasteiger partial charge in [-0.2, -0.15) is 0 Å². The van der Waals surface area contributed by atoms with E-state index in [2.05, 4.69) is 39.8 Å². The summed E-state index contributed by atoms with van der Waals surface area (Å²) in [7, 11) is 0. The summed E-state index contributed by atoms with van der Waals surface area (Å²) in [6, 6.07) is 11.2. The molecule has 0 radical (unpaired) electrons. The normalized spacial score (nSPS) is 20.0. The molecule has 2 aromatic carbocycles. The van der Waals surface area contributed by atoms with Crippen molar-refractivity contribution in [3.05, 3.63) is 69.8 Å². The van der Waals surface area contributed by atoms with Crippen molar-refractivity contribution in [2.45, 2.75) is 57.9 Å². The molecule has 0 spiro atoms. The fourth-order valence-electron chi connectivity index (χ4n) is 3.96. The average Bonchev–Trinajstić information content (AvgIpc) is 2.57. The molecule has 0 bridgehead atoms. The Morgan fingerprint density at radius 1 is 1.24 bits per heavy atom. The fraction of sp³-hybridized carbons (Fsp3) is 0.409. The van der Waals surface area contributed by atoms with E-state index in [9.17, 15) is 4.79 Å². The molecule has 0 aromatic heterocycles. The number of hydrogen-bond donors (Lipinski definition) is 2. The van der Waals surface area contributed by atoms with Crippen molar-refractivity contribution in [1.82, 2.24) is 0 Å². The third-order valence-electron chi connectivity index (χ3n) is 5.75. The Bertz CT molecular complexity index is 806. The zero-order chi connectivity index (χ0) is 18.4. The number of aromatic carboxylic acids is 1. The molecule has 0 amide bonds. The first-order chi connectivity index (χ1) is 11.7. The Kier molecular flexibility index (Phi) is 4.46. The molecule has 2 atom stereocenters. The molecule has 3 nitrogen and oxygen atoms in total. The molecule has 2 aromatic rings. The lowest BCUT2D eigenvalue weighted by Crippen LogP contribution is -2.27. The van der Waals surface area contributed by atoms with Crippen molar-refractivity contribution < 1.29 is 9.90 Å². The minimum Gasteiger partial charge on any atom is -0.478 e. The van der Waals surface area contributed by atoms with Gasteiger partial charge in [-0.15, -0.1) is 0 Å². The molecule has 3 rings (SSSR count). The van der Waals surface area contributed by atoms with Gasteiger partial charge < -0.3 is 10.8 Å². The van der Waals surface area contributed by atoms with Gasteiger partial charge in [0.15, 0.2) is 0 Å². The number of hydrogen-bond acceptors (Lipinski definition) is 2. The number of benzene rings is 2. The molecule has 25 heavy (non-hydrogen) atoms. The summed E-state index contributed by atoms with van der Waals surface area (Å²) in [5.74, 6) is -0.331. The largest absolute Gasteiger partial charge is 0.478 e. The van der Waals surface area contributed by atoms with Crippen molar-refractivity contribution in [3.8, 4) is 0 Å². The van der Waals surface area contributed by atoms with E-state index in [0.717, 1.165) is 11.1 Å². The summed E-state index contributed by atoms with van der Waals surface area (Å²) in [5.41, 5.74) is 13.1. The van der Waals surface area contributed by atoms with Crippen LogP contribution in [0.1, 0.15) is 83.7 Å². The third-order valence-corrected chi connectivity index (χ3v) is 5.75. The van der Waals surface area contributed by atoms with Gasteiger partial charge in [-0.1, -0.05) is 45.0 Å². The number of carboxylic acid groups (broad SMARTS) is 1. The predicted octanol–water partition coefficient (Wildman–Crippen LogP) is 4.92. The molecular formula is C22H27NO2. The summed E-state index contributed by atoms with van der Waals surface area (Å²) in [5, 5.41) is 9.06. The number of fused-ring (bicyclic) bond motifs is 1. The lowest BCUT2D eigenvalue weighted by Gasteiger charge is -2.37. The maximum absolute atomic E-state index is 11.0. The first kappa shape index (κ1) is 17.7. The zero-order valence-corrected chi connectivity index (χ0v) is 15.5. The first-order valence-electron chi connectivity index (χ1n) is 8.94. The second-order valence-electron chi connectivity index (χ2n) is 8.02. The monoisotopic (exact) mass is 337 g/mol. The molecule has 0 saturated carbocycles. The molecule has 0 fully saturated rings. The van der Waals surface area contributed by atoms with Crippen LogP contribution in [0.25, 0.3) is 0 Å². The van der Waals surface area contributed by atoms with Gasteiger partial charge in [-0.25, -0.2) is 4.79 Å². The first-order valence-corrected chi connectivity index (χ1v) is 8.94. The van der Waals surface area contributed by atoms with Crippen LogP contribution in [0.4, 0.5) is 0 Å². The lowest BCUT2D eigenvalue weighted by atomic mass is 9.68.